The lowest BCUT2D eigenvalue weighted by Gasteiger charge is -2.33. The number of carbonyl (C=O) groups is 2. The van der Waals surface area contributed by atoms with Gasteiger partial charge in [-0.25, -0.2) is 9.78 Å². The first kappa shape index (κ1) is 21.2. The van der Waals surface area contributed by atoms with Gasteiger partial charge in [0.05, 0.1) is 44.8 Å². The fraction of sp³-hybridized carbons (Fsp3) is 0.571. The summed E-state index contributed by atoms with van der Waals surface area (Å²) >= 11 is 1.26. The highest BCUT2D eigenvalue weighted by Gasteiger charge is 2.33. The molecule has 8 nitrogen and oxygen atoms in total. The number of carbonyl (C=O) groups excluding carboxylic acids is 2. The topological polar surface area (TPSA) is 90.0 Å². The minimum Gasteiger partial charge on any atom is -0.465 e. The number of nitrogens with zero attached hydrogens (tertiary/aromatic N) is 2. The van der Waals surface area contributed by atoms with Crippen molar-refractivity contribution in [2.45, 2.75) is 39.4 Å². The van der Waals surface area contributed by atoms with Gasteiger partial charge in [-0.2, -0.15) is 0 Å². The van der Waals surface area contributed by atoms with Crippen LogP contribution in [0.1, 0.15) is 40.3 Å². The SMILES string of the molecule is COC(=O)c1sc2nc(C)c3c(c2c1NC(=O)CN1CCOCC1)CC(C)(C)OC3. The van der Waals surface area contributed by atoms with E-state index in [1.54, 1.807) is 0 Å². The lowest BCUT2D eigenvalue weighted by Crippen LogP contribution is -2.41. The summed E-state index contributed by atoms with van der Waals surface area (Å²) in [5.41, 5.74) is 3.16. The van der Waals surface area contributed by atoms with Gasteiger partial charge in [-0.15, -0.1) is 11.3 Å². The summed E-state index contributed by atoms with van der Waals surface area (Å²) in [5.74, 6) is -0.639. The Morgan fingerprint density at radius 2 is 2.00 bits per heavy atom. The Balaban J connectivity index is 1.77. The summed E-state index contributed by atoms with van der Waals surface area (Å²) in [4.78, 5) is 33.2. The fourth-order valence-corrected chi connectivity index (χ4v) is 5.12. The van der Waals surface area contributed by atoms with Crippen LogP contribution < -0.4 is 5.32 Å². The van der Waals surface area contributed by atoms with Crippen molar-refractivity contribution in [2.24, 2.45) is 0 Å². The molecule has 0 spiro atoms. The van der Waals surface area contributed by atoms with Crippen molar-refractivity contribution in [2.75, 3.05) is 45.3 Å². The third-order valence-corrected chi connectivity index (χ3v) is 6.64. The van der Waals surface area contributed by atoms with Gasteiger partial charge < -0.3 is 19.5 Å². The van der Waals surface area contributed by atoms with E-state index in [2.05, 4.69) is 5.32 Å². The van der Waals surface area contributed by atoms with Gasteiger partial charge in [0, 0.05) is 36.2 Å². The van der Waals surface area contributed by atoms with Crippen molar-refractivity contribution in [3.8, 4) is 0 Å². The van der Waals surface area contributed by atoms with E-state index in [-0.39, 0.29) is 18.1 Å². The molecular weight excluding hydrogens is 406 g/mol. The number of hydrogen-bond acceptors (Lipinski definition) is 8. The molecule has 30 heavy (non-hydrogen) atoms. The lowest BCUT2D eigenvalue weighted by atomic mass is 9.89. The van der Waals surface area contributed by atoms with Crippen molar-refractivity contribution in [1.29, 1.82) is 0 Å². The third kappa shape index (κ3) is 4.07. The number of pyridine rings is 1. The van der Waals surface area contributed by atoms with Crippen LogP contribution in [0, 0.1) is 6.92 Å². The molecule has 0 aromatic carbocycles. The number of methoxy groups -OCH3 is 1. The number of amides is 1. The van der Waals surface area contributed by atoms with E-state index in [9.17, 15) is 9.59 Å². The summed E-state index contributed by atoms with van der Waals surface area (Å²) in [6.45, 7) is 9.41. The molecule has 1 saturated heterocycles. The van der Waals surface area contributed by atoms with Gasteiger partial charge in [-0.3, -0.25) is 9.69 Å². The third-order valence-electron chi connectivity index (χ3n) is 5.58. The van der Waals surface area contributed by atoms with Crippen LogP contribution in [-0.4, -0.2) is 67.3 Å². The average Bonchev–Trinajstić information content (AvgIpc) is 3.05. The number of rotatable bonds is 4. The first-order chi connectivity index (χ1) is 14.3. The number of morpholine rings is 1. The van der Waals surface area contributed by atoms with Crippen molar-refractivity contribution in [3.63, 3.8) is 0 Å². The van der Waals surface area contributed by atoms with Gasteiger partial charge in [0.25, 0.3) is 0 Å². The van der Waals surface area contributed by atoms with Crippen LogP contribution in [0.5, 0.6) is 0 Å². The predicted molar refractivity (Wildman–Crippen MR) is 114 cm³/mol. The Hall–Kier alpha value is -2.07. The number of aromatic nitrogens is 1. The number of hydrogen-bond donors (Lipinski definition) is 1. The second kappa shape index (κ2) is 8.22. The van der Waals surface area contributed by atoms with Crippen LogP contribution in [0.3, 0.4) is 0 Å². The van der Waals surface area contributed by atoms with Crippen LogP contribution in [0.2, 0.25) is 0 Å². The van der Waals surface area contributed by atoms with E-state index in [0.717, 1.165) is 27.0 Å². The fourth-order valence-electron chi connectivity index (χ4n) is 3.99. The number of thiophene rings is 1. The maximum atomic E-state index is 12.9. The highest BCUT2D eigenvalue weighted by atomic mass is 32.1. The molecule has 0 atom stereocenters. The molecule has 2 aliphatic heterocycles. The smallest absolute Gasteiger partial charge is 0.350 e. The molecule has 0 aliphatic carbocycles. The predicted octanol–water partition coefficient (Wildman–Crippen LogP) is 2.51. The molecule has 0 bridgehead atoms. The number of nitrogens with one attached hydrogen (secondary N) is 1. The summed E-state index contributed by atoms with van der Waals surface area (Å²) in [7, 11) is 1.34. The van der Waals surface area contributed by atoms with Crippen LogP contribution >= 0.6 is 11.3 Å². The zero-order valence-corrected chi connectivity index (χ0v) is 18.6. The molecule has 162 valence electrons. The molecule has 4 rings (SSSR count). The van der Waals surface area contributed by atoms with E-state index >= 15 is 0 Å². The Labute approximate surface area is 179 Å². The molecule has 0 unspecified atom stereocenters. The maximum absolute atomic E-state index is 12.9. The number of fused-ring (bicyclic) bond motifs is 3. The highest BCUT2D eigenvalue weighted by molar-refractivity contribution is 7.21. The van der Waals surface area contributed by atoms with Gasteiger partial charge >= 0.3 is 5.97 Å². The number of esters is 1. The van der Waals surface area contributed by atoms with Crippen molar-refractivity contribution in [1.82, 2.24) is 9.88 Å². The number of ether oxygens (including phenoxy) is 3. The van der Waals surface area contributed by atoms with Gasteiger partial charge in [0.2, 0.25) is 5.91 Å². The molecule has 1 amide bonds. The first-order valence-corrected chi connectivity index (χ1v) is 10.9. The highest BCUT2D eigenvalue weighted by Crippen LogP contribution is 2.42. The van der Waals surface area contributed by atoms with Crippen LogP contribution in [0.4, 0.5) is 5.69 Å². The zero-order valence-electron chi connectivity index (χ0n) is 17.8. The van der Waals surface area contributed by atoms with Gasteiger partial charge in [-0.1, -0.05) is 0 Å². The molecule has 2 aliphatic rings. The normalized spacial score (nSPS) is 18.8. The second-order valence-electron chi connectivity index (χ2n) is 8.29. The lowest BCUT2D eigenvalue weighted by molar-refractivity contribution is -0.118. The molecule has 1 fully saturated rings. The monoisotopic (exact) mass is 433 g/mol. The molecule has 0 saturated carbocycles. The van der Waals surface area contributed by atoms with E-state index in [1.807, 2.05) is 25.7 Å². The molecule has 2 aromatic heterocycles. The van der Waals surface area contributed by atoms with Crippen molar-refractivity contribution < 1.29 is 23.8 Å². The van der Waals surface area contributed by atoms with Gasteiger partial charge in [-0.05, 0) is 26.3 Å². The molecule has 2 aromatic rings. The summed E-state index contributed by atoms with van der Waals surface area (Å²) in [6.07, 6.45) is 0.672. The molecule has 9 heteroatoms. The molecule has 0 radical (unpaired) electrons. The summed E-state index contributed by atoms with van der Waals surface area (Å²) in [5, 5.41) is 3.83. The number of aryl methyl sites for hydroxylation is 1. The quantitative estimate of drug-likeness (QED) is 0.741. The first-order valence-electron chi connectivity index (χ1n) is 10.1. The van der Waals surface area contributed by atoms with Gasteiger partial charge in [0.1, 0.15) is 9.71 Å². The van der Waals surface area contributed by atoms with E-state index in [1.165, 1.54) is 18.4 Å². The van der Waals surface area contributed by atoms with E-state index < -0.39 is 5.97 Å². The Kier molecular flexibility index (Phi) is 5.80. The minimum atomic E-state index is -0.475. The van der Waals surface area contributed by atoms with E-state index in [0.29, 0.717) is 49.9 Å². The van der Waals surface area contributed by atoms with Gasteiger partial charge in [0.15, 0.2) is 0 Å². The van der Waals surface area contributed by atoms with Crippen LogP contribution in [-0.2, 0) is 32.0 Å². The Morgan fingerprint density at radius 3 is 2.70 bits per heavy atom. The van der Waals surface area contributed by atoms with Crippen LogP contribution in [0.15, 0.2) is 0 Å². The van der Waals surface area contributed by atoms with Crippen molar-refractivity contribution >= 4 is 39.1 Å². The average molecular weight is 434 g/mol. The zero-order chi connectivity index (χ0) is 21.5. The summed E-state index contributed by atoms with van der Waals surface area (Å²) < 4.78 is 16.3. The number of anilines is 1. The van der Waals surface area contributed by atoms with Crippen LogP contribution in [0.25, 0.3) is 10.2 Å². The summed E-state index contributed by atoms with van der Waals surface area (Å²) in [6, 6.07) is 0. The molecule has 1 N–H and O–H groups in total. The Bertz CT molecular complexity index is 994. The van der Waals surface area contributed by atoms with Crippen molar-refractivity contribution in [3.05, 3.63) is 21.7 Å². The maximum Gasteiger partial charge on any atom is 0.350 e. The molecule has 4 heterocycles. The largest absolute Gasteiger partial charge is 0.465 e. The van der Waals surface area contributed by atoms with E-state index in [4.69, 9.17) is 19.2 Å². The second-order valence-corrected chi connectivity index (χ2v) is 9.29. The minimum absolute atomic E-state index is 0.164. The standard InChI is InChI=1S/C21H27N3O5S/c1-12-14-11-29-21(2,3)9-13(14)16-17(18(20(26)27-4)30-19(16)22-12)23-15(25)10-24-5-7-28-8-6-24/h5-11H2,1-4H3,(H,23,25). The molecular formula is C21H27N3O5S. The Morgan fingerprint density at radius 1 is 1.27 bits per heavy atom.